The molecule has 74 valence electrons. The Morgan fingerprint density at radius 2 is 2.08 bits per heavy atom. The van der Waals surface area contributed by atoms with Crippen LogP contribution in [0, 0.1) is 0 Å². The molecular formula is C8H13NO3S. The van der Waals surface area contributed by atoms with Gasteiger partial charge in [0.2, 0.25) is 0 Å². The zero-order chi connectivity index (χ0) is 9.68. The van der Waals surface area contributed by atoms with Crippen LogP contribution in [0.4, 0.5) is 0 Å². The molecule has 0 unspecified atom stereocenters. The maximum Gasteiger partial charge on any atom is 0.328 e. The van der Waals surface area contributed by atoms with Gasteiger partial charge in [0.1, 0.15) is 0 Å². The molecule has 0 spiro atoms. The van der Waals surface area contributed by atoms with Crippen LogP contribution in [-0.4, -0.2) is 51.3 Å². The van der Waals surface area contributed by atoms with Crippen molar-refractivity contribution in [1.29, 1.82) is 0 Å². The number of aliphatic carboxylic acids is 1. The molecule has 1 saturated heterocycles. The highest BCUT2D eigenvalue weighted by Gasteiger charge is 2.13. The number of rotatable bonds is 3. The molecular weight excluding hydrogens is 190 g/mol. The average molecular weight is 203 g/mol. The fraction of sp³-hybridized carbons (Fsp3) is 0.625. The van der Waals surface area contributed by atoms with E-state index >= 15 is 0 Å². The van der Waals surface area contributed by atoms with Crippen LogP contribution in [0.5, 0.6) is 0 Å². The molecule has 5 heteroatoms. The van der Waals surface area contributed by atoms with Crippen LogP contribution in [-0.2, 0) is 15.6 Å². The fourth-order valence-corrected chi connectivity index (χ4v) is 2.29. The first kappa shape index (κ1) is 10.4. The lowest BCUT2D eigenvalue weighted by atomic mass is 10.4. The van der Waals surface area contributed by atoms with E-state index in [1.807, 2.05) is 0 Å². The van der Waals surface area contributed by atoms with Crippen LogP contribution in [0.2, 0.25) is 0 Å². The van der Waals surface area contributed by atoms with Crippen molar-refractivity contribution in [1.82, 2.24) is 4.90 Å². The van der Waals surface area contributed by atoms with E-state index in [1.165, 1.54) is 0 Å². The Balaban J connectivity index is 2.23. The maximum absolute atomic E-state index is 11.0. The predicted octanol–water partition coefficient (Wildman–Crippen LogP) is -0.308. The largest absolute Gasteiger partial charge is 0.478 e. The summed E-state index contributed by atoms with van der Waals surface area (Å²) in [4.78, 5) is 12.2. The lowest BCUT2D eigenvalue weighted by Gasteiger charge is -2.24. The molecule has 1 N–H and O–H groups in total. The minimum atomic E-state index is -0.916. The first-order valence-electron chi connectivity index (χ1n) is 4.15. The van der Waals surface area contributed by atoms with Crippen LogP contribution in [0.25, 0.3) is 0 Å². The first-order valence-corrected chi connectivity index (χ1v) is 5.64. The Labute approximate surface area is 79.7 Å². The SMILES string of the molecule is O=C(O)/C=C/CN1CCS(=O)CC1. The second-order valence-corrected chi connectivity index (χ2v) is 4.59. The molecule has 0 aromatic heterocycles. The standard InChI is InChI=1S/C8H13NO3S/c10-8(11)2-1-3-9-4-6-13(12)7-5-9/h1-2H,3-7H2,(H,10,11)/b2-1+. The van der Waals surface area contributed by atoms with Gasteiger partial charge in [-0.05, 0) is 0 Å². The van der Waals surface area contributed by atoms with Gasteiger partial charge in [0.05, 0.1) is 0 Å². The molecule has 13 heavy (non-hydrogen) atoms. The van der Waals surface area contributed by atoms with Crippen LogP contribution >= 0.6 is 0 Å². The smallest absolute Gasteiger partial charge is 0.328 e. The molecule has 4 nitrogen and oxygen atoms in total. The Morgan fingerprint density at radius 3 is 2.62 bits per heavy atom. The van der Waals surface area contributed by atoms with E-state index < -0.39 is 16.8 Å². The van der Waals surface area contributed by atoms with Gasteiger partial charge in [0.25, 0.3) is 0 Å². The van der Waals surface area contributed by atoms with Crippen molar-refractivity contribution in [2.75, 3.05) is 31.1 Å². The number of carboxylic acid groups (broad SMARTS) is 1. The molecule has 0 saturated carbocycles. The lowest BCUT2D eigenvalue weighted by Crippen LogP contribution is -2.37. The van der Waals surface area contributed by atoms with Gasteiger partial charge < -0.3 is 5.11 Å². The minimum absolute atomic E-state index is 0.642. The monoisotopic (exact) mass is 203 g/mol. The molecule has 0 atom stereocenters. The highest BCUT2D eigenvalue weighted by atomic mass is 32.2. The van der Waals surface area contributed by atoms with Crippen LogP contribution in [0.15, 0.2) is 12.2 Å². The molecule has 0 aromatic rings. The van der Waals surface area contributed by atoms with Crippen molar-refractivity contribution in [3.05, 3.63) is 12.2 Å². The first-order chi connectivity index (χ1) is 6.18. The van der Waals surface area contributed by atoms with Crippen molar-refractivity contribution >= 4 is 16.8 Å². The van der Waals surface area contributed by atoms with Gasteiger partial charge in [0.15, 0.2) is 0 Å². The second kappa shape index (κ2) is 5.14. The third kappa shape index (κ3) is 4.19. The zero-order valence-electron chi connectivity index (χ0n) is 7.31. The molecule has 0 amide bonds. The van der Waals surface area contributed by atoms with E-state index in [1.54, 1.807) is 6.08 Å². The number of carboxylic acids is 1. The van der Waals surface area contributed by atoms with Crippen LogP contribution < -0.4 is 0 Å². The fourth-order valence-electron chi connectivity index (χ4n) is 1.16. The maximum atomic E-state index is 11.0. The number of carbonyl (C=O) groups is 1. The Morgan fingerprint density at radius 1 is 1.46 bits per heavy atom. The number of hydrogen-bond donors (Lipinski definition) is 1. The van der Waals surface area contributed by atoms with Gasteiger partial charge >= 0.3 is 5.97 Å². The summed E-state index contributed by atoms with van der Waals surface area (Å²) in [6.07, 6.45) is 2.77. The molecule has 1 aliphatic rings. The van der Waals surface area contributed by atoms with Crippen molar-refractivity contribution < 1.29 is 14.1 Å². The summed E-state index contributed by atoms with van der Waals surface area (Å²) in [5.74, 6) is 0.502. The van der Waals surface area contributed by atoms with Gasteiger partial charge in [-0.1, -0.05) is 6.08 Å². The summed E-state index contributed by atoms with van der Waals surface area (Å²) in [6.45, 7) is 2.25. The third-order valence-electron chi connectivity index (χ3n) is 1.89. The molecule has 1 fully saturated rings. The van der Waals surface area contributed by atoms with Crippen molar-refractivity contribution in [2.45, 2.75) is 0 Å². The topological polar surface area (TPSA) is 57.6 Å². The molecule has 1 heterocycles. The van der Waals surface area contributed by atoms with E-state index in [4.69, 9.17) is 5.11 Å². The number of nitrogens with zero attached hydrogens (tertiary/aromatic N) is 1. The van der Waals surface area contributed by atoms with Crippen LogP contribution in [0.1, 0.15) is 0 Å². The van der Waals surface area contributed by atoms with E-state index in [0.29, 0.717) is 18.1 Å². The summed E-state index contributed by atoms with van der Waals surface area (Å²) < 4.78 is 11.0. The summed E-state index contributed by atoms with van der Waals surface area (Å²) in [5, 5.41) is 8.33. The normalized spacial score (nSPS) is 20.9. The number of hydrogen-bond acceptors (Lipinski definition) is 3. The highest BCUT2D eigenvalue weighted by Crippen LogP contribution is 1.99. The summed E-state index contributed by atoms with van der Waals surface area (Å²) in [5.41, 5.74) is 0. The van der Waals surface area contributed by atoms with Gasteiger partial charge in [-0.3, -0.25) is 9.11 Å². The second-order valence-electron chi connectivity index (χ2n) is 2.89. The van der Waals surface area contributed by atoms with E-state index in [-0.39, 0.29) is 0 Å². The Hall–Kier alpha value is -0.680. The van der Waals surface area contributed by atoms with E-state index in [2.05, 4.69) is 4.90 Å². The quantitative estimate of drug-likeness (QED) is 0.639. The summed E-state index contributed by atoms with van der Waals surface area (Å²) >= 11 is 0. The molecule has 0 radical (unpaired) electrons. The van der Waals surface area contributed by atoms with E-state index in [0.717, 1.165) is 19.2 Å². The molecule has 1 rings (SSSR count). The van der Waals surface area contributed by atoms with Gasteiger partial charge in [0, 0.05) is 48.0 Å². The molecule has 0 aliphatic carbocycles. The average Bonchev–Trinajstić information content (AvgIpc) is 2.08. The van der Waals surface area contributed by atoms with Crippen molar-refractivity contribution in [3.63, 3.8) is 0 Å². The molecule has 0 bridgehead atoms. The highest BCUT2D eigenvalue weighted by molar-refractivity contribution is 7.85. The van der Waals surface area contributed by atoms with Gasteiger partial charge in [-0.2, -0.15) is 0 Å². The van der Waals surface area contributed by atoms with Gasteiger partial charge in [-0.15, -0.1) is 0 Å². The van der Waals surface area contributed by atoms with Gasteiger partial charge in [-0.25, -0.2) is 4.79 Å². The minimum Gasteiger partial charge on any atom is -0.478 e. The Kier molecular flexibility index (Phi) is 4.11. The predicted molar refractivity (Wildman–Crippen MR) is 51.1 cm³/mol. The Bertz CT molecular complexity index is 230. The van der Waals surface area contributed by atoms with Crippen LogP contribution in [0.3, 0.4) is 0 Å². The molecule has 1 aliphatic heterocycles. The third-order valence-corrected chi connectivity index (χ3v) is 3.17. The van der Waals surface area contributed by atoms with Crippen molar-refractivity contribution in [2.24, 2.45) is 0 Å². The summed E-state index contributed by atoms with van der Waals surface area (Å²) in [7, 11) is -0.657. The summed E-state index contributed by atoms with van der Waals surface area (Å²) in [6, 6.07) is 0. The van der Waals surface area contributed by atoms with E-state index in [9.17, 15) is 9.00 Å². The lowest BCUT2D eigenvalue weighted by molar-refractivity contribution is -0.131. The van der Waals surface area contributed by atoms with Crippen molar-refractivity contribution in [3.8, 4) is 0 Å². The molecule has 0 aromatic carbocycles. The zero-order valence-corrected chi connectivity index (χ0v) is 8.13.